The lowest BCUT2D eigenvalue weighted by atomic mass is 10.6. The van der Waals surface area contributed by atoms with Gasteiger partial charge in [-0.2, -0.15) is 0 Å². The summed E-state index contributed by atoms with van der Waals surface area (Å²) in [6, 6.07) is 0. The molecule has 4 heteroatoms. The molecule has 2 nitrogen and oxygen atoms in total. The summed E-state index contributed by atoms with van der Waals surface area (Å²) < 4.78 is 0. The van der Waals surface area contributed by atoms with E-state index in [9.17, 15) is 0 Å². The molecule has 1 aliphatic rings. The zero-order valence-electron chi connectivity index (χ0n) is 5.69. The lowest BCUT2D eigenvalue weighted by Crippen LogP contribution is -1.92. The Morgan fingerprint density at radius 3 is 1.90 bits per heavy atom. The first-order chi connectivity index (χ1) is 5.00. The van der Waals surface area contributed by atoms with Crippen LogP contribution in [0.15, 0.2) is 9.98 Å². The minimum absolute atomic E-state index is 0.849. The summed E-state index contributed by atoms with van der Waals surface area (Å²) >= 11 is 0. The Bertz CT molecular complexity index is 118. The third kappa shape index (κ3) is 3.95. The summed E-state index contributed by atoms with van der Waals surface area (Å²) in [6.45, 7) is 1.70. The van der Waals surface area contributed by atoms with Gasteiger partial charge in [-0.1, -0.05) is 21.6 Å². The van der Waals surface area contributed by atoms with Crippen molar-refractivity contribution >= 4 is 34.0 Å². The molecule has 0 saturated heterocycles. The average Bonchev–Trinajstić information content (AvgIpc) is 2.01. The summed E-state index contributed by atoms with van der Waals surface area (Å²) in [5, 5.41) is 0. The molecule has 0 aliphatic carbocycles. The Balaban J connectivity index is 2.23. The second-order valence-electron chi connectivity index (χ2n) is 1.75. The van der Waals surface area contributed by atoms with Crippen molar-refractivity contribution in [2.24, 2.45) is 9.98 Å². The van der Waals surface area contributed by atoms with E-state index in [1.807, 2.05) is 34.0 Å². The van der Waals surface area contributed by atoms with Crippen molar-refractivity contribution in [1.29, 1.82) is 0 Å². The molecule has 1 aliphatic heterocycles. The first kappa shape index (κ1) is 8.14. The SMILES string of the molecule is C1=N\CC/N=C\CSSC/1. The Kier molecular flexibility index (Phi) is 4.72. The van der Waals surface area contributed by atoms with Gasteiger partial charge in [-0.3, -0.25) is 9.98 Å². The number of rotatable bonds is 0. The van der Waals surface area contributed by atoms with Crippen LogP contribution in [0.25, 0.3) is 0 Å². The molecule has 0 bridgehead atoms. The summed E-state index contributed by atoms with van der Waals surface area (Å²) in [6.07, 6.45) is 3.94. The maximum Gasteiger partial charge on any atom is 0.0581 e. The van der Waals surface area contributed by atoms with Crippen LogP contribution in [0, 0.1) is 0 Å². The Morgan fingerprint density at radius 2 is 1.40 bits per heavy atom. The van der Waals surface area contributed by atoms with Gasteiger partial charge in [-0.25, -0.2) is 0 Å². The van der Waals surface area contributed by atoms with Crippen molar-refractivity contribution in [1.82, 2.24) is 0 Å². The van der Waals surface area contributed by atoms with Crippen LogP contribution < -0.4 is 0 Å². The second-order valence-corrected chi connectivity index (χ2v) is 4.30. The van der Waals surface area contributed by atoms with E-state index in [-0.39, 0.29) is 0 Å². The fourth-order valence-electron chi connectivity index (χ4n) is 0.561. The van der Waals surface area contributed by atoms with Crippen molar-refractivity contribution in [3.63, 3.8) is 0 Å². The first-order valence-electron chi connectivity index (χ1n) is 3.21. The summed E-state index contributed by atoms with van der Waals surface area (Å²) in [5.74, 6) is 2.05. The van der Waals surface area contributed by atoms with Crippen LogP contribution in [0.3, 0.4) is 0 Å². The minimum atomic E-state index is 0.849. The topological polar surface area (TPSA) is 24.7 Å². The first-order valence-corrected chi connectivity index (χ1v) is 5.70. The Morgan fingerprint density at radius 1 is 0.900 bits per heavy atom. The fraction of sp³-hybridized carbons (Fsp3) is 0.667. The van der Waals surface area contributed by atoms with Crippen LogP contribution in [0.2, 0.25) is 0 Å². The maximum absolute atomic E-state index is 4.16. The normalized spacial score (nSPS) is 27.2. The maximum atomic E-state index is 4.16. The van der Waals surface area contributed by atoms with Crippen molar-refractivity contribution in [2.75, 3.05) is 24.6 Å². The van der Waals surface area contributed by atoms with E-state index in [0.29, 0.717) is 0 Å². The number of hydrogen-bond donors (Lipinski definition) is 0. The molecule has 0 amide bonds. The van der Waals surface area contributed by atoms with E-state index in [0.717, 1.165) is 24.6 Å². The molecule has 0 aromatic rings. The molecule has 0 spiro atoms. The van der Waals surface area contributed by atoms with E-state index in [1.54, 1.807) is 0 Å². The zero-order valence-corrected chi connectivity index (χ0v) is 7.33. The van der Waals surface area contributed by atoms with Crippen LogP contribution in [0.4, 0.5) is 0 Å². The Labute approximate surface area is 69.0 Å². The number of nitrogens with zero attached hydrogens (tertiary/aromatic N) is 2. The standard InChI is InChI=1S/C6H10N2S2/c1-2-8-4-6-10-9-5-3-7-1/h3-4H,1-2,5-6H2/b7-3-,8-4-. The molecule has 56 valence electrons. The monoisotopic (exact) mass is 174 g/mol. The predicted octanol–water partition coefficient (Wildman–Crippen LogP) is 1.52. The molecule has 10 heavy (non-hydrogen) atoms. The molecule has 0 fully saturated rings. The molecule has 0 N–H and O–H groups in total. The highest BCUT2D eigenvalue weighted by Gasteiger charge is 1.87. The van der Waals surface area contributed by atoms with Gasteiger partial charge in [0.05, 0.1) is 13.1 Å². The van der Waals surface area contributed by atoms with Crippen LogP contribution in [-0.4, -0.2) is 37.0 Å². The van der Waals surface area contributed by atoms with E-state index >= 15 is 0 Å². The van der Waals surface area contributed by atoms with Gasteiger partial charge in [0.1, 0.15) is 0 Å². The van der Waals surface area contributed by atoms with E-state index in [1.165, 1.54) is 0 Å². The van der Waals surface area contributed by atoms with Crippen LogP contribution in [-0.2, 0) is 0 Å². The third-order valence-electron chi connectivity index (χ3n) is 0.985. The molecule has 1 heterocycles. The van der Waals surface area contributed by atoms with Gasteiger partial charge in [0.15, 0.2) is 0 Å². The van der Waals surface area contributed by atoms with Crippen molar-refractivity contribution in [3.8, 4) is 0 Å². The highest BCUT2D eigenvalue weighted by atomic mass is 33.1. The fourth-order valence-corrected chi connectivity index (χ4v) is 2.03. The van der Waals surface area contributed by atoms with E-state index < -0.39 is 0 Å². The molecule has 0 atom stereocenters. The molecular weight excluding hydrogens is 164 g/mol. The average molecular weight is 174 g/mol. The number of hydrogen-bond acceptors (Lipinski definition) is 4. The highest BCUT2D eigenvalue weighted by Crippen LogP contribution is 2.18. The van der Waals surface area contributed by atoms with Gasteiger partial charge in [0, 0.05) is 23.9 Å². The predicted molar refractivity (Wildman–Crippen MR) is 51.6 cm³/mol. The van der Waals surface area contributed by atoms with E-state index in [4.69, 9.17) is 0 Å². The quantitative estimate of drug-likeness (QED) is 0.520. The van der Waals surface area contributed by atoms with Crippen molar-refractivity contribution in [3.05, 3.63) is 0 Å². The minimum Gasteiger partial charge on any atom is -0.295 e. The van der Waals surface area contributed by atoms with Crippen LogP contribution in [0.5, 0.6) is 0 Å². The lowest BCUT2D eigenvalue weighted by molar-refractivity contribution is 0.983. The van der Waals surface area contributed by atoms with Crippen molar-refractivity contribution in [2.45, 2.75) is 0 Å². The molecule has 0 saturated carbocycles. The van der Waals surface area contributed by atoms with Gasteiger partial charge in [0.25, 0.3) is 0 Å². The van der Waals surface area contributed by atoms with Gasteiger partial charge >= 0.3 is 0 Å². The highest BCUT2D eigenvalue weighted by molar-refractivity contribution is 8.77. The van der Waals surface area contributed by atoms with Gasteiger partial charge < -0.3 is 0 Å². The molecule has 0 aromatic heterocycles. The molecule has 1 rings (SSSR count). The smallest absolute Gasteiger partial charge is 0.0581 e. The van der Waals surface area contributed by atoms with Gasteiger partial charge in [-0.15, -0.1) is 0 Å². The largest absolute Gasteiger partial charge is 0.295 e. The molecule has 0 radical (unpaired) electrons. The van der Waals surface area contributed by atoms with Gasteiger partial charge in [0.2, 0.25) is 0 Å². The summed E-state index contributed by atoms with van der Waals surface area (Å²) in [4.78, 5) is 8.32. The molecule has 0 unspecified atom stereocenters. The number of aliphatic imine (C=N–C) groups is 2. The lowest BCUT2D eigenvalue weighted by Gasteiger charge is -1.95. The molecular formula is C6H10N2S2. The second kappa shape index (κ2) is 5.80. The summed E-state index contributed by atoms with van der Waals surface area (Å²) in [7, 11) is 3.66. The zero-order chi connectivity index (χ0) is 7.07. The van der Waals surface area contributed by atoms with E-state index in [2.05, 4.69) is 9.98 Å². The Hall–Kier alpha value is 0.0400. The summed E-state index contributed by atoms with van der Waals surface area (Å²) in [5.41, 5.74) is 0. The van der Waals surface area contributed by atoms with Crippen molar-refractivity contribution < 1.29 is 0 Å². The third-order valence-corrected chi connectivity index (χ3v) is 3.04. The van der Waals surface area contributed by atoms with Crippen LogP contribution >= 0.6 is 21.6 Å². The molecule has 0 aromatic carbocycles. The van der Waals surface area contributed by atoms with Crippen LogP contribution in [0.1, 0.15) is 0 Å². The van der Waals surface area contributed by atoms with Gasteiger partial charge in [-0.05, 0) is 0 Å².